The molecule has 0 spiro atoms. The third kappa shape index (κ3) is 6.83. The van der Waals surface area contributed by atoms with Crippen LogP contribution in [0.2, 0.25) is 5.02 Å². The molecular formula is C37H27ClN2O3S. The van der Waals surface area contributed by atoms with E-state index in [1.54, 1.807) is 60.7 Å². The Morgan fingerprint density at radius 3 is 2.34 bits per heavy atom. The van der Waals surface area contributed by atoms with E-state index in [2.05, 4.69) is 22.8 Å². The minimum Gasteiger partial charge on any atom is -0.321 e. The molecule has 0 radical (unpaired) electrons. The van der Waals surface area contributed by atoms with Crippen molar-refractivity contribution in [1.82, 2.24) is 5.32 Å². The number of amides is 2. The number of nitrogens with one attached hydrogen (secondary N) is 2. The summed E-state index contributed by atoms with van der Waals surface area (Å²) < 4.78 is 0. The molecule has 0 aliphatic heterocycles. The minimum atomic E-state index is -0.494. The largest absolute Gasteiger partial charge is 0.321 e. The van der Waals surface area contributed by atoms with E-state index in [0.29, 0.717) is 27.4 Å². The van der Waals surface area contributed by atoms with Crippen LogP contribution >= 0.6 is 23.4 Å². The Morgan fingerprint density at radius 2 is 1.50 bits per heavy atom. The van der Waals surface area contributed by atoms with E-state index >= 15 is 0 Å². The van der Waals surface area contributed by atoms with Crippen LogP contribution in [0.1, 0.15) is 37.4 Å². The zero-order chi connectivity index (χ0) is 30.5. The van der Waals surface area contributed by atoms with E-state index in [1.165, 1.54) is 34.0 Å². The molecule has 44 heavy (non-hydrogen) atoms. The van der Waals surface area contributed by atoms with E-state index in [4.69, 9.17) is 11.6 Å². The SMILES string of the molecule is O=C(Nc1cccc(SCC(=O)c2ccc3c(c2)Cc2ccccc2-3)c1)/C(=C/c1cccc(Cl)c1)NC(=O)c1ccccc1. The van der Waals surface area contributed by atoms with Gasteiger partial charge in [0, 0.05) is 26.7 Å². The van der Waals surface area contributed by atoms with Gasteiger partial charge < -0.3 is 10.6 Å². The fourth-order valence-corrected chi connectivity index (χ4v) is 6.17. The molecule has 2 amide bonds. The summed E-state index contributed by atoms with van der Waals surface area (Å²) in [5.74, 6) is -0.603. The average Bonchev–Trinajstić information content (AvgIpc) is 3.42. The number of hydrogen-bond donors (Lipinski definition) is 2. The zero-order valence-electron chi connectivity index (χ0n) is 23.5. The van der Waals surface area contributed by atoms with Crippen LogP contribution in [0.3, 0.4) is 0 Å². The van der Waals surface area contributed by atoms with Gasteiger partial charge in [0.1, 0.15) is 5.70 Å². The summed E-state index contributed by atoms with van der Waals surface area (Å²) in [6.07, 6.45) is 2.41. The lowest BCUT2D eigenvalue weighted by Gasteiger charge is -2.12. The summed E-state index contributed by atoms with van der Waals surface area (Å²) in [6.45, 7) is 0. The Labute approximate surface area is 265 Å². The molecule has 1 aliphatic carbocycles. The molecule has 216 valence electrons. The first-order valence-electron chi connectivity index (χ1n) is 14.1. The zero-order valence-corrected chi connectivity index (χ0v) is 25.1. The lowest BCUT2D eigenvalue weighted by Crippen LogP contribution is -2.30. The number of Topliss-reactive ketones (excluding diaryl/α,β-unsaturated/α-hetero) is 1. The summed E-state index contributed by atoms with van der Waals surface area (Å²) >= 11 is 7.55. The van der Waals surface area contributed by atoms with Gasteiger partial charge in [0.15, 0.2) is 5.78 Å². The molecule has 2 N–H and O–H groups in total. The summed E-state index contributed by atoms with van der Waals surface area (Å²) in [6, 6.07) is 37.3. The highest BCUT2D eigenvalue weighted by atomic mass is 35.5. The minimum absolute atomic E-state index is 0.0403. The Morgan fingerprint density at radius 1 is 0.727 bits per heavy atom. The van der Waals surface area contributed by atoms with Gasteiger partial charge >= 0.3 is 0 Å². The van der Waals surface area contributed by atoms with Gasteiger partial charge in [-0.05, 0) is 88.8 Å². The van der Waals surface area contributed by atoms with Crippen LogP contribution in [0.4, 0.5) is 5.69 Å². The number of halogens is 1. The molecule has 0 unspecified atom stereocenters. The quantitative estimate of drug-likeness (QED) is 0.0976. The number of rotatable bonds is 9. The van der Waals surface area contributed by atoms with E-state index in [1.807, 2.05) is 54.6 Å². The predicted molar refractivity (Wildman–Crippen MR) is 178 cm³/mol. The molecule has 0 fully saturated rings. The molecule has 0 saturated carbocycles. The number of benzene rings is 5. The van der Waals surface area contributed by atoms with Gasteiger partial charge in [-0.1, -0.05) is 84.4 Å². The number of carbonyl (C=O) groups excluding carboxylic acids is 3. The standard InChI is InChI=1S/C37H27ClN2O3S/c38-29-12-6-8-24(18-29)19-34(40-36(42)25-9-2-1-3-10-25)37(43)39-30-13-7-14-31(22-30)44-23-35(41)27-16-17-33-28(21-27)20-26-11-4-5-15-32(26)33/h1-19,21-22H,20,23H2,(H,39,43)(H,40,42)/b34-19-. The van der Waals surface area contributed by atoms with Gasteiger partial charge in [-0.3, -0.25) is 14.4 Å². The molecule has 5 nitrogen and oxygen atoms in total. The molecule has 0 saturated heterocycles. The fraction of sp³-hybridized carbons (Fsp3) is 0.0541. The molecule has 5 aromatic rings. The van der Waals surface area contributed by atoms with Gasteiger partial charge in [-0.25, -0.2) is 0 Å². The third-order valence-corrected chi connectivity index (χ3v) is 8.49. The van der Waals surface area contributed by atoms with E-state index < -0.39 is 11.8 Å². The van der Waals surface area contributed by atoms with Crippen LogP contribution < -0.4 is 10.6 Å². The molecule has 5 aromatic carbocycles. The highest BCUT2D eigenvalue weighted by Crippen LogP contribution is 2.37. The van der Waals surface area contributed by atoms with Crippen molar-refractivity contribution in [1.29, 1.82) is 0 Å². The Balaban J connectivity index is 1.14. The number of thioether (sulfide) groups is 1. The fourth-order valence-electron chi connectivity index (χ4n) is 5.12. The van der Waals surface area contributed by atoms with Crippen molar-refractivity contribution in [3.63, 3.8) is 0 Å². The van der Waals surface area contributed by atoms with Gasteiger partial charge in [-0.2, -0.15) is 0 Å². The maximum Gasteiger partial charge on any atom is 0.272 e. The average molecular weight is 615 g/mol. The second kappa shape index (κ2) is 13.2. The summed E-state index contributed by atoms with van der Waals surface area (Å²) in [5, 5.41) is 6.12. The van der Waals surface area contributed by atoms with Crippen LogP contribution in [-0.4, -0.2) is 23.4 Å². The Kier molecular flexibility index (Phi) is 8.73. The first-order chi connectivity index (χ1) is 21.4. The first kappa shape index (κ1) is 29.2. The first-order valence-corrected chi connectivity index (χ1v) is 15.4. The molecule has 1 aliphatic rings. The van der Waals surface area contributed by atoms with Crippen molar-refractivity contribution < 1.29 is 14.4 Å². The Bertz CT molecular complexity index is 1920. The predicted octanol–water partition coefficient (Wildman–Crippen LogP) is 8.30. The van der Waals surface area contributed by atoms with Crippen molar-refractivity contribution in [3.8, 4) is 11.1 Å². The summed E-state index contributed by atoms with van der Waals surface area (Å²) in [4.78, 5) is 40.3. The molecule has 0 bridgehead atoms. The summed E-state index contributed by atoms with van der Waals surface area (Å²) in [5.41, 5.74) is 7.26. The van der Waals surface area contributed by atoms with Crippen LogP contribution in [0, 0.1) is 0 Å². The van der Waals surface area contributed by atoms with Crippen molar-refractivity contribution in [2.45, 2.75) is 11.3 Å². The maximum absolute atomic E-state index is 13.4. The smallest absolute Gasteiger partial charge is 0.272 e. The number of anilines is 1. The van der Waals surface area contributed by atoms with Gasteiger partial charge in [0.05, 0.1) is 5.75 Å². The normalized spacial score (nSPS) is 11.8. The second-order valence-electron chi connectivity index (χ2n) is 10.3. The van der Waals surface area contributed by atoms with Crippen LogP contribution in [0.5, 0.6) is 0 Å². The van der Waals surface area contributed by atoms with Crippen molar-refractivity contribution in [2.24, 2.45) is 0 Å². The van der Waals surface area contributed by atoms with Crippen LogP contribution in [0.25, 0.3) is 17.2 Å². The van der Waals surface area contributed by atoms with E-state index in [9.17, 15) is 14.4 Å². The number of ketones is 1. The van der Waals surface area contributed by atoms with Crippen LogP contribution in [0.15, 0.2) is 132 Å². The maximum atomic E-state index is 13.4. The van der Waals surface area contributed by atoms with Gasteiger partial charge in [0.25, 0.3) is 11.8 Å². The molecular weight excluding hydrogens is 588 g/mol. The van der Waals surface area contributed by atoms with Crippen molar-refractivity contribution in [3.05, 3.63) is 160 Å². The molecule has 7 heteroatoms. The third-order valence-electron chi connectivity index (χ3n) is 7.27. The van der Waals surface area contributed by atoms with Crippen molar-refractivity contribution in [2.75, 3.05) is 11.1 Å². The van der Waals surface area contributed by atoms with Gasteiger partial charge in [0.2, 0.25) is 0 Å². The lowest BCUT2D eigenvalue weighted by molar-refractivity contribution is -0.113. The van der Waals surface area contributed by atoms with E-state index in [0.717, 1.165) is 11.3 Å². The highest BCUT2D eigenvalue weighted by molar-refractivity contribution is 8.00. The summed E-state index contributed by atoms with van der Waals surface area (Å²) in [7, 11) is 0. The van der Waals surface area contributed by atoms with E-state index in [-0.39, 0.29) is 17.2 Å². The molecule has 0 atom stereocenters. The number of carbonyl (C=O) groups is 3. The van der Waals surface area contributed by atoms with Gasteiger partial charge in [-0.15, -0.1) is 11.8 Å². The lowest BCUT2D eigenvalue weighted by atomic mass is 10.0. The number of hydrogen-bond acceptors (Lipinski definition) is 4. The highest BCUT2D eigenvalue weighted by Gasteiger charge is 2.20. The topological polar surface area (TPSA) is 75.3 Å². The van der Waals surface area contributed by atoms with Crippen molar-refractivity contribution >= 4 is 52.7 Å². The van der Waals surface area contributed by atoms with Crippen LogP contribution in [-0.2, 0) is 11.2 Å². The monoisotopic (exact) mass is 614 g/mol. The second-order valence-corrected chi connectivity index (χ2v) is 11.8. The molecule has 0 heterocycles. The molecule has 6 rings (SSSR count). The number of fused-ring (bicyclic) bond motifs is 3. The molecule has 0 aromatic heterocycles. The Hall–Kier alpha value is -4.91.